The number of nitrogens with one attached hydrogen (secondary N) is 1. The highest BCUT2D eigenvalue weighted by Gasteiger charge is 2.17. The second-order valence-electron chi connectivity index (χ2n) is 6.80. The van der Waals surface area contributed by atoms with Crippen molar-refractivity contribution in [2.75, 3.05) is 12.3 Å². The SMILES string of the molecule is CCNC(=O)CSc1nnc(-c2ccc(Cl)cc2)n1-c1ccc(Oc2ccccc2)cc1. The predicted octanol–water partition coefficient (Wildman–Crippen LogP) is 5.61. The number of hydrogen-bond donors (Lipinski definition) is 1. The van der Waals surface area contributed by atoms with Gasteiger partial charge in [-0.25, -0.2) is 0 Å². The molecule has 0 atom stereocenters. The number of benzene rings is 3. The van der Waals surface area contributed by atoms with Crippen molar-refractivity contribution in [1.29, 1.82) is 0 Å². The van der Waals surface area contributed by atoms with Crippen LogP contribution in [0.15, 0.2) is 84.0 Å². The van der Waals surface area contributed by atoms with Gasteiger partial charge in [0.2, 0.25) is 5.91 Å². The van der Waals surface area contributed by atoms with Gasteiger partial charge < -0.3 is 10.1 Å². The molecule has 0 fully saturated rings. The molecule has 32 heavy (non-hydrogen) atoms. The Labute approximate surface area is 195 Å². The number of rotatable bonds is 8. The maximum atomic E-state index is 12.0. The van der Waals surface area contributed by atoms with Crippen molar-refractivity contribution in [3.63, 3.8) is 0 Å². The molecule has 1 aromatic heterocycles. The Kier molecular flexibility index (Phi) is 7.09. The summed E-state index contributed by atoms with van der Waals surface area (Å²) >= 11 is 7.39. The van der Waals surface area contributed by atoms with Crippen LogP contribution in [0.2, 0.25) is 5.02 Å². The van der Waals surface area contributed by atoms with Crippen LogP contribution in [0, 0.1) is 0 Å². The zero-order valence-electron chi connectivity index (χ0n) is 17.4. The molecule has 1 heterocycles. The van der Waals surface area contributed by atoms with Crippen LogP contribution >= 0.6 is 23.4 Å². The number of hydrogen-bond acceptors (Lipinski definition) is 5. The smallest absolute Gasteiger partial charge is 0.230 e. The molecule has 0 unspecified atom stereocenters. The van der Waals surface area contributed by atoms with Crippen LogP contribution in [0.4, 0.5) is 0 Å². The molecule has 0 bridgehead atoms. The molecule has 1 amide bonds. The number of carbonyl (C=O) groups is 1. The molecule has 8 heteroatoms. The van der Waals surface area contributed by atoms with Gasteiger partial charge in [-0.3, -0.25) is 9.36 Å². The van der Waals surface area contributed by atoms with Crippen molar-refractivity contribution in [3.8, 4) is 28.6 Å². The van der Waals surface area contributed by atoms with E-state index in [9.17, 15) is 4.79 Å². The second kappa shape index (κ2) is 10.3. The molecule has 0 spiro atoms. The minimum absolute atomic E-state index is 0.0494. The van der Waals surface area contributed by atoms with Gasteiger partial charge in [-0.1, -0.05) is 41.6 Å². The molecular formula is C24H21ClN4O2S. The molecule has 1 N–H and O–H groups in total. The second-order valence-corrected chi connectivity index (χ2v) is 8.18. The highest BCUT2D eigenvalue weighted by atomic mass is 35.5. The molecule has 4 rings (SSSR count). The Morgan fingerprint density at radius 2 is 1.66 bits per heavy atom. The van der Waals surface area contributed by atoms with E-state index >= 15 is 0 Å². The van der Waals surface area contributed by atoms with E-state index < -0.39 is 0 Å². The van der Waals surface area contributed by atoms with Gasteiger partial charge in [0.15, 0.2) is 11.0 Å². The molecule has 0 aliphatic rings. The van der Waals surface area contributed by atoms with E-state index in [0.717, 1.165) is 22.7 Å². The summed E-state index contributed by atoms with van der Waals surface area (Å²) in [4.78, 5) is 12.0. The van der Waals surface area contributed by atoms with E-state index in [4.69, 9.17) is 16.3 Å². The van der Waals surface area contributed by atoms with Crippen molar-refractivity contribution in [2.45, 2.75) is 12.1 Å². The molecule has 0 aliphatic carbocycles. The highest BCUT2D eigenvalue weighted by molar-refractivity contribution is 7.99. The van der Waals surface area contributed by atoms with Crippen LogP contribution in [0.25, 0.3) is 17.1 Å². The summed E-state index contributed by atoms with van der Waals surface area (Å²) in [6, 6.07) is 24.7. The topological polar surface area (TPSA) is 69.0 Å². The van der Waals surface area contributed by atoms with Crippen LogP contribution < -0.4 is 10.1 Å². The average molecular weight is 465 g/mol. The summed E-state index contributed by atoms with van der Waals surface area (Å²) in [6.07, 6.45) is 0. The predicted molar refractivity (Wildman–Crippen MR) is 128 cm³/mol. The van der Waals surface area contributed by atoms with E-state index in [1.807, 2.05) is 90.4 Å². The van der Waals surface area contributed by atoms with Gasteiger partial charge >= 0.3 is 0 Å². The van der Waals surface area contributed by atoms with E-state index in [2.05, 4.69) is 15.5 Å². The summed E-state index contributed by atoms with van der Waals surface area (Å²) in [5.74, 6) is 2.35. The quantitative estimate of drug-likeness (QED) is 0.343. The van der Waals surface area contributed by atoms with Gasteiger partial charge in [0, 0.05) is 22.8 Å². The fourth-order valence-corrected chi connectivity index (χ4v) is 3.96. The number of carbonyl (C=O) groups excluding carboxylic acids is 1. The van der Waals surface area contributed by atoms with Crippen molar-refractivity contribution < 1.29 is 9.53 Å². The van der Waals surface area contributed by atoms with E-state index in [-0.39, 0.29) is 11.7 Å². The molecule has 4 aromatic rings. The van der Waals surface area contributed by atoms with Crippen LogP contribution in [-0.4, -0.2) is 33.0 Å². The molecule has 0 radical (unpaired) electrons. The zero-order chi connectivity index (χ0) is 22.3. The Bertz CT molecular complexity index is 1180. The molecule has 6 nitrogen and oxygen atoms in total. The van der Waals surface area contributed by atoms with Gasteiger partial charge in [0.25, 0.3) is 0 Å². The number of halogens is 1. The number of nitrogens with zero attached hydrogens (tertiary/aromatic N) is 3. The van der Waals surface area contributed by atoms with Gasteiger partial charge in [-0.05, 0) is 67.6 Å². The van der Waals surface area contributed by atoms with Gasteiger partial charge in [0.1, 0.15) is 11.5 Å². The van der Waals surface area contributed by atoms with Crippen LogP contribution in [0.1, 0.15) is 6.92 Å². The van der Waals surface area contributed by atoms with Gasteiger partial charge in [0.05, 0.1) is 5.75 Å². The average Bonchev–Trinajstić information content (AvgIpc) is 3.23. The first-order chi connectivity index (χ1) is 15.6. The maximum absolute atomic E-state index is 12.0. The van der Waals surface area contributed by atoms with E-state index in [0.29, 0.717) is 22.5 Å². The minimum Gasteiger partial charge on any atom is -0.457 e. The number of thioether (sulfide) groups is 1. The van der Waals surface area contributed by atoms with E-state index in [1.54, 1.807) is 0 Å². The summed E-state index contributed by atoms with van der Waals surface area (Å²) in [5, 5.41) is 12.8. The monoisotopic (exact) mass is 464 g/mol. The normalized spacial score (nSPS) is 10.7. The summed E-state index contributed by atoms with van der Waals surface area (Å²) in [7, 11) is 0. The van der Waals surface area contributed by atoms with Crippen LogP contribution in [-0.2, 0) is 4.79 Å². The van der Waals surface area contributed by atoms with Gasteiger partial charge in [-0.15, -0.1) is 10.2 Å². The Morgan fingerprint density at radius 3 is 2.34 bits per heavy atom. The van der Waals surface area contributed by atoms with Crippen molar-refractivity contribution in [3.05, 3.63) is 83.9 Å². The first kappa shape index (κ1) is 21.9. The third-order valence-corrected chi connectivity index (χ3v) is 5.70. The summed E-state index contributed by atoms with van der Waals surface area (Å²) < 4.78 is 7.83. The Morgan fingerprint density at radius 1 is 0.969 bits per heavy atom. The number of ether oxygens (including phenoxy) is 1. The lowest BCUT2D eigenvalue weighted by atomic mass is 10.2. The lowest BCUT2D eigenvalue weighted by Crippen LogP contribution is -2.24. The molecule has 162 valence electrons. The van der Waals surface area contributed by atoms with Crippen molar-refractivity contribution >= 4 is 29.3 Å². The highest BCUT2D eigenvalue weighted by Crippen LogP contribution is 2.30. The lowest BCUT2D eigenvalue weighted by molar-refractivity contribution is -0.118. The molecule has 0 saturated carbocycles. The molecular weight excluding hydrogens is 444 g/mol. The first-order valence-electron chi connectivity index (χ1n) is 10.1. The van der Waals surface area contributed by atoms with Crippen LogP contribution in [0.5, 0.6) is 11.5 Å². The fraction of sp³-hybridized carbons (Fsp3) is 0.125. The Hall–Kier alpha value is -3.29. The first-order valence-corrected chi connectivity index (χ1v) is 11.4. The van der Waals surface area contributed by atoms with Crippen LogP contribution in [0.3, 0.4) is 0 Å². The molecule has 0 saturated heterocycles. The third-order valence-electron chi connectivity index (χ3n) is 4.52. The summed E-state index contributed by atoms with van der Waals surface area (Å²) in [6.45, 7) is 2.48. The van der Waals surface area contributed by atoms with Gasteiger partial charge in [-0.2, -0.15) is 0 Å². The Balaban J connectivity index is 1.65. The fourth-order valence-electron chi connectivity index (χ4n) is 3.05. The zero-order valence-corrected chi connectivity index (χ0v) is 18.9. The largest absolute Gasteiger partial charge is 0.457 e. The minimum atomic E-state index is -0.0494. The number of amides is 1. The lowest BCUT2D eigenvalue weighted by Gasteiger charge is -2.12. The van der Waals surface area contributed by atoms with E-state index in [1.165, 1.54) is 11.8 Å². The molecule has 0 aliphatic heterocycles. The standard InChI is InChI=1S/C24H21ClN4O2S/c1-2-26-22(30)16-32-24-28-27-23(17-8-10-18(25)11-9-17)29(24)19-12-14-21(15-13-19)31-20-6-4-3-5-7-20/h3-15H,2,16H2,1H3,(H,26,30). The maximum Gasteiger partial charge on any atom is 0.230 e. The number of aromatic nitrogens is 3. The summed E-state index contributed by atoms with van der Waals surface area (Å²) in [5.41, 5.74) is 1.73. The third kappa shape index (κ3) is 5.30. The van der Waals surface area contributed by atoms with Crippen molar-refractivity contribution in [2.24, 2.45) is 0 Å². The van der Waals surface area contributed by atoms with Crippen molar-refractivity contribution in [1.82, 2.24) is 20.1 Å². The number of para-hydroxylation sites is 1. The molecule has 3 aromatic carbocycles.